The first kappa shape index (κ1) is 17.4. The van der Waals surface area contributed by atoms with Crippen LogP contribution in [0.1, 0.15) is 18.9 Å². The van der Waals surface area contributed by atoms with Crippen molar-refractivity contribution in [1.82, 2.24) is 14.9 Å². The second-order valence-electron chi connectivity index (χ2n) is 6.94. The zero-order valence-corrected chi connectivity index (χ0v) is 15.9. The van der Waals surface area contributed by atoms with Crippen LogP contribution in [-0.2, 0) is 13.0 Å². The minimum Gasteiger partial charge on any atom is -0.336 e. The van der Waals surface area contributed by atoms with Crippen molar-refractivity contribution in [2.75, 3.05) is 24.5 Å². The molecular formula is C21H25ClN4. The van der Waals surface area contributed by atoms with Crippen molar-refractivity contribution in [3.8, 4) is 0 Å². The molecule has 1 N–H and O–H groups in total. The van der Waals surface area contributed by atoms with Gasteiger partial charge in [0.2, 0.25) is 5.95 Å². The summed E-state index contributed by atoms with van der Waals surface area (Å²) in [6.45, 7) is 6.13. The molecule has 4 nitrogen and oxygen atoms in total. The Labute approximate surface area is 159 Å². The number of benzene rings is 2. The van der Waals surface area contributed by atoms with Gasteiger partial charge in [0.15, 0.2) is 0 Å². The van der Waals surface area contributed by atoms with Crippen molar-refractivity contribution in [2.45, 2.75) is 32.4 Å². The highest BCUT2D eigenvalue weighted by molar-refractivity contribution is 6.30. The SMILES string of the molecule is CCCn1c(N2CCNCC2Cc2cccc(Cl)c2)nc2ccccc21. The van der Waals surface area contributed by atoms with Crippen molar-refractivity contribution >= 4 is 28.6 Å². The number of imidazole rings is 1. The molecule has 0 bridgehead atoms. The second-order valence-corrected chi connectivity index (χ2v) is 7.37. The van der Waals surface area contributed by atoms with Crippen molar-refractivity contribution in [3.05, 3.63) is 59.1 Å². The summed E-state index contributed by atoms with van der Waals surface area (Å²) in [5.74, 6) is 1.10. The van der Waals surface area contributed by atoms with Crippen LogP contribution in [0.25, 0.3) is 11.0 Å². The molecule has 26 heavy (non-hydrogen) atoms. The molecular weight excluding hydrogens is 344 g/mol. The maximum atomic E-state index is 6.19. The lowest BCUT2D eigenvalue weighted by atomic mass is 10.0. The maximum absolute atomic E-state index is 6.19. The molecule has 3 aromatic rings. The van der Waals surface area contributed by atoms with E-state index in [-0.39, 0.29) is 0 Å². The van der Waals surface area contributed by atoms with Gasteiger partial charge in [-0.3, -0.25) is 0 Å². The molecule has 1 aromatic heterocycles. The van der Waals surface area contributed by atoms with Gasteiger partial charge in [-0.1, -0.05) is 42.8 Å². The summed E-state index contributed by atoms with van der Waals surface area (Å²) in [7, 11) is 0. The van der Waals surface area contributed by atoms with E-state index < -0.39 is 0 Å². The normalized spacial score (nSPS) is 17.8. The fourth-order valence-electron chi connectivity index (χ4n) is 3.87. The van der Waals surface area contributed by atoms with Crippen molar-refractivity contribution in [2.24, 2.45) is 0 Å². The quantitative estimate of drug-likeness (QED) is 0.735. The molecule has 1 unspecified atom stereocenters. The number of aromatic nitrogens is 2. The Morgan fingerprint density at radius 2 is 2.08 bits per heavy atom. The number of nitrogens with one attached hydrogen (secondary N) is 1. The average molecular weight is 369 g/mol. The minimum atomic E-state index is 0.370. The zero-order valence-electron chi connectivity index (χ0n) is 15.2. The summed E-state index contributed by atoms with van der Waals surface area (Å²) in [4.78, 5) is 7.48. The predicted molar refractivity (Wildman–Crippen MR) is 109 cm³/mol. The summed E-state index contributed by atoms with van der Waals surface area (Å²) >= 11 is 6.19. The first-order chi connectivity index (χ1) is 12.8. The molecule has 1 saturated heterocycles. The van der Waals surface area contributed by atoms with Crippen LogP contribution in [0, 0.1) is 0 Å². The predicted octanol–water partition coefficient (Wildman–Crippen LogP) is 4.12. The molecule has 4 rings (SSSR count). The van der Waals surface area contributed by atoms with E-state index in [1.165, 1.54) is 11.1 Å². The van der Waals surface area contributed by atoms with Gasteiger partial charge in [0.25, 0.3) is 0 Å². The standard InChI is InChI=1S/C21H25ClN4/c1-2-11-26-20-9-4-3-8-19(20)24-21(26)25-12-10-23-15-18(25)14-16-6-5-7-17(22)13-16/h3-9,13,18,23H,2,10-12,14-15H2,1H3. The summed E-state index contributed by atoms with van der Waals surface area (Å²) in [5, 5.41) is 4.34. The van der Waals surface area contributed by atoms with Gasteiger partial charge in [0.1, 0.15) is 0 Å². The molecule has 0 amide bonds. The lowest BCUT2D eigenvalue weighted by molar-refractivity contribution is 0.459. The highest BCUT2D eigenvalue weighted by Gasteiger charge is 2.27. The monoisotopic (exact) mass is 368 g/mol. The molecule has 5 heteroatoms. The first-order valence-electron chi connectivity index (χ1n) is 9.43. The van der Waals surface area contributed by atoms with Gasteiger partial charge in [0, 0.05) is 37.2 Å². The van der Waals surface area contributed by atoms with E-state index in [0.29, 0.717) is 6.04 Å². The highest BCUT2D eigenvalue weighted by Crippen LogP contribution is 2.26. The number of para-hydroxylation sites is 2. The molecule has 0 aliphatic carbocycles. The van der Waals surface area contributed by atoms with Crippen molar-refractivity contribution in [1.29, 1.82) is 0 Å². The Morgan fingerprint density at radius 1 is 1.19 bits per heavy atom. The van der Waals surface area contributed by atoms with Gasteiger partial charge >= 0.3 is 0 Å². The van der Waals surface area contributed by atoms with Crippen LogP contribution in [0.5, 0.6) is 0 Å². The number of piperazine rings is 1. The van der Waals surface area contributed by atoms with E-state index in [0.717, 1.165) is 55.5 Å². The van der Waals surface area contributed by atoms with Gasteiger partial charge in [-0.15, -0.1) is 0 Å². The van der Waals surface area contributed by atoms with Gasteiger partial charge in [-0.05, 0) is 42.7 Å². The van der Waals surface area contributed by atoms with Crippen molar-refractivity contribution < 1.29 is 0 Å². The Balaban J connectivity index is 1.70. The van der Waals surface area contributed by atoms with Crippen LogP contribution in [0.2, 0.25) is 5.02 Å². The number of aryl methyl sites for hydroxylation is 1. The third-order valence-electron chi connectivity index (χ3n) is 5.05. The third-order valence-corrected chi connectivity index (χ3v) is 5.28. The number of halogens is 1. The zero-order chi connectivity index (χ0) is 17.9. The van der Waals surface area contributed by atoms with Gasteiger partial charge in [-0.25, -0.2) is 4.98 Å². The number of rotatable bonds is 5. The van der Waals surface area contributed by atoms with E-state index in [9.17, 15) is 0 Å². The number of hydrogen-bond acceptors (Lipinski definition) is 3. The molecule has 2 aromatic carbocycles. The summed E-state index contributed by atoms with van der Waals surface area (Å²) in [6, 6.07) is 17.0. The number of nitrogens with zero attached hydrogens (tertiary/aromatic N) is 3. The Kier molecular flexibility index (Phi) is 5.14. The molecule has 0 radical (unpaired) electrons. The van der Waals surface area contributed by atoms with Crippen molar-refractivity contribution in [3.63, 3.8) is 0 Å². The van der Waals surface area contributed by atoms with Gasteiger partial charge in [0.05, 0.1) is 11.0 Å². The Hall–Kier alpha value is -2.04. The topological polar surface area (TPSA) is 33.1 Å². The lowest BCUT2D eigenvalue weighted by Crippen LogP contribution is -2.53. The Bertz CT molecular complexity index is 889. The smallest absolute Gasteiger partial charge is 0.206 e. The number of anilines is 1. The van der Waals surface area contributed by atoms with Crippen LogP contribution in [0.15, 0.2) is 48.5 Å². The van der Waals surface area contributed by atoms with Gasteiger partial charge < -0.3 is 14.8 Å². The fraction of sp³-hybridized carbons (Fsp3) is 0.381. The van der Waals surface area contributed by atoms with E-state index >= 15 is 0 Å². The molecule has 0 saturated carbocycles. The number of hydrogen-bond donors (Lipinski definition) is 1. The second kappa shape index (κ2) is 7.68. The summed E-state index contributed by atoms with van der Waals surface area (Å²) < 4.78 is 2.38. The van der Waals surface area contributed by atoms with Gasteiger partial charge in [-0.2, -0.15) is 0 Å². The molecule has 1 fully saturated rings. The molecule has 1 atom stereocenters. The molecule has 1 aliphatic heterocycles. The molecule has 1 aliphatic rings. The maximum Gasteiger partial charge on any atom is 0.206 e. The van der Waals surface area contributed by atoms with Crippen LogP contribution in [-0.4, -0.2) is 35.2 Å². The third kappa shape index (κ3) is 3.44. The van der Waals surface area contributed by atoms with E-state index in [1.54, 1.807) is 0 Å². The average Bonchev–Trinajstić information content (AvgIpc) is 3.01. The summed E-state index contributed by atoms with van der Waals surface area (Å²) in [6.07, 6.45) is 2.06. The molecule has 2 heterocycles. The fourth-order valence-corrected chi connectivity index (χ4v) is 4.08. The number of fused-ring (bicyclic) bond motifs is 1. The van der Waals surface area contributed by atoms with Crippen LogP contribution in [0.3, 0.4) is 0 Å². The first-order valence-corrected chi connectivity index (χ1v) is 9.81. The highest BCUT2D eigenvalue weighted by atomic mass is 35.5. The largest absolute Gasteiger partial charge is 0.336 e. The van der Waals surface area contributed by atoms with E-state index in [1.807, 2.05) is 12.1 Å². The Morgan fingerprint density at radius 3 is 2.92 bits per heavy atom. The van der Waals surface area contributed by atoms with E-state index in [4.69, 9.17) is 16.6 Å². The van der Waals surface area contributed by atoms with Crippen LogP contribution >= 0.6 is 11.6 Å². The minimum absolute atomic E-state index is 0.370. The van der Waals surface area contributed by atoms with Crippen LogP contribution in [0.4, 0.5) is 5.95 Å². The molecule has 0 spiro atoms. The van der Waals surface area contributed by atoms with E-state index in [2.05, 4.69) is 58.1 Å². The lowest BCUT2D eigenvalue weighted by Gasteiger charge is -2.37. The molecule has 136 valence electrons. The summed E-state index contributed by atoms with van der Waals surface area (Å²) in [5.41, 5.74) is 3.58. The van der Waals surface area contributed by atoms with Crippen LogP contribution < -0.4 is 10.2 Å².